The molecule has 0 radical (unpaired) electrons. The van der Waals surface area contributed by atoms with Crippen LogP contribution in [0.25, 0.3) is 0 Å². The molecular formula is C10H10BrFO2. The van der Waals surface area contributed by atoms with E-state index in [2.05, 4.69) is 15.9 Å². The first kappa shape index (κ1) is 11.2. The highest BCUT2D eigenvalue weighted by Crippen LogP contribution is 2.31. The summed E-state index contributed by atoms with van der Waals surface area (Å²) in [5.41, 5.74) is -0.661. The molecule has 0 aliphatic carbocycles. The zero-order valence-electron chi connectivity index (χ0n) is 7.84. The first-order valence-corrected chi connectivity index (χ1v) is 4.84. The van der Waals surface area contributed by atoms with Crippen molar-refractivity contribution in [3.05, 3.63) is 34.1 Å². The van der Waals surface area contributed by atoms with Crippen LogP contribution in [0.5, 0.6) is 0 Å². The van der Waals surface area contributed by atoms with E-state index in [0.29, 0.717) is 5.56 Å². The fourth-order valence-corrected chi connectivity index (χ4v) is 1.86. The third-order valence-corrected chi connectivity index (χ3v) is 2.97. The normalized spacial score (nSPS) is 11.4. The van der Waals surface area contributed by atoms with E-state index in [1.165, 1.54) is 26.0 Å². The third kappa shape index (κ3) is 1.80. The van der Waals surface area contributed by atoms with Crippen LogP contribution in [-0.4, -0.2) is 11.1 Å². The molecule has 0 fully saturated rings. The van der Waals surface area contributed by atoms with Crippen molar-refractivity contribution in [1.29, 1.82) is 0 Å². The summed E-state index contributed by atoms with van der Waals surface area (Å²) in [6, 6.07) is 4.38. The van der Waals surface area contributed by atoms with Crippen LogP contribution in [0.1, 0.15) is 19.4 Å². The Kier molecular flexibility index (Phi) is 2.95. The van der Waals surface area contributed by atoms with E-state index in [1.807, 2.05) is 0 Å². The number of carboxylic acid groups (broad SMARTS) is 1. The molecule has 0 aliphatic rings. The molecule has 0 aromatic heterocycles. The molecule has 0 saturated heterocycles. The summed E-state index contributed by atoms with van der Waals surface area (Å²) < 4.78 is 13.3. The number of carbonyl (C=O) groups is 1. The van der Waals surface area contributed by atoms with Gasteiger partial charge in [0.1, 0.15) is 5.82 Å². The molecule has 1 N–H and O–H groups in total. The number of benzene rings is 1. The lowest BCUT2D eigenvalue weighted by atomic mass is 9.85. The van der Waals surface area contributed by atoms with E-state index in [0.717, 1.165) is 0 Å². The lowest BCUT2D eigenvalue weighted by molar-refractivity contribution is -0.142. The highest BCUT2D eigenvalue weighted by atomic mass is 79.9. The minimum atomic E-state index is -1.10. The van der Waals surface area contributed by atoms with Crippen LogP contribution in [-0.2, 0) is 10.2 Å². The van der Waals surface area contributed by atoms with Crippen molar-refractivity contribution in [3.63, 3.8) is 0 Å². The lowest BCUT2D eigenvalue weighted by Gasteiger charge is -2.21. The van der Waals surface area contributed by atoms with Crippen molar-refractivity contribution < 1.29 is 14.3 Å². The minimum Gasteiger partial charge on any atom is -0.481 e. The molecule has 1 aromatic carbocycles. The molecule has 0 spiro atoms. The Hall–Kier alpha value is -0.900. The maximum Gasteiger partial charge on any atom is 0.313 e. The Morgan fingerprint density at radius 2 is 2.07 bits per heavy atom. The molecule has 0 atom stereocenters. The maximum atomic E-state index is 13.1. The molecule has 0 heterocycles. The van der Waals surface area contributed by atoms with Crippen LogP contribution in [0.4, 0.5) is 4.39 Å². The molecular weight excluding hydrogens is 251 g/mol. The Morgan fingerprint density at radius 1 is 1.50 bits per heavy atom. The largest absolute Gasteiger partial charge is 0.481 e. The Bertz CT molecular complexity index is 374. The van der Waals surface area contributed by atoms with Crippen molar-refractivity contribution in [3.8, 4) is 0 Å². The molecule has 1 rings (SSSR count). The standard InChI is InChI=1S/C10H10BrFO2/c1-10(2,9(13)14)6-4-3-5-7(12)8(6)11/h3-5H,1-2H3,(H,13,14). The molecule has 2 nitrogen and oxygen atoms in total. The number of hydrogen-bond acceptors (Lipinski definition) is 1. The average molecular weight is 261 g/mol. The molecule has 0 aliphatic heterocycles. The highest BCUT2D eigenvalue weighted by molar-refractivity contribution is 9.10. The van der Waals surface area contributed by atoms with Crippen LogP contribution in [0.3, 0.4) is 0 Å². The van der Waals surface area contributed by atoms with Gasteiger partial charge in [0.05, 0.1) is 9.89 Å². The maximum absolute atomic E-state index is 13.1. The van der Waals surface area contributed by atoms with Gasteiger partial charge in [-0.1, -0.05) is 12.1 Å². The third-order valence-electron chi connectivity index (χ3n) is 2.16. The van der Waals surface area contributed by atoms with Gasteiger partial charge in [-0.05, 0) is 41.4 Å². The quantitative estimate of drug-likeness (QED) is 0.888. The summed E-state index contributed by atoms with van der Waals surface area (Å²) in [4.78, 5) is 10.9. The average Bonchev–Trinajstić information content (AvgIpc) is 2.09. The second kappa shape index (κ2) is 3.69. The van der Waals surface area contributed by atoms with Gasteiger partial charge in [0.15, 0.2) is 0 Å². The minimum absolute atomic E-state index is 0.215. The van der Waals surface area contributed by atoms with Crippen molar-refractivity contribution >= 4 is 21.9 Å². The molecule has 76 valence electrons. The molecule has 4 heteroatoms. The van der Waals surface area contributed by atoms with Crippen molar-refractivity contribution in [2.24, 2.45) is 0 Å². The Balaban J connectivity index is 3.33. The number of carboxylic acids is 1. The zero-order chi connectivity index (χ0) is 10.9. The summed E-state index contributed by atoms with van der Waals surface area (Å²) in [6.07, 6.45) is 0. The number of rotatable bonds is 2. The Labute approximate surface area is 89.9 Å². The first-order chi connectivity index (χ1) is 6.37. The van der Waals surface area contributed by atoms with Gasteiger partial charge < -0.3 is 5.11 Å². The van der Waals surface area contributed by atoms with Gasteiger partial charge in [-0.2, -0.15) is 0 Å². The van der Waals surface area contributed by atoms with E-state index < -0.39 is 17.2 Å². The van der Waals surface area contributed by atoms with Gasteiger partial charge in [-0.15, -0.1) is 0 Å². The fourth-order valence-electron chi connectivity index (χ4n) is 1.10. The van der Waals surface area contributed by atoms with Gasteiger partial charge in [0.2, 0.25) is 0 Å². The van der Waals surface area contributed by atoms with Crippen LogP contribution in [0, 0.1) is 5.82 Å². The zero-order valence-corrected chi connectivity index (χ0v) is 9.43. The van der Waals surface area contributed by atoms with E-state index in [4.69, 9.17) is 5.11 Å². The van der Waals surface area contributed by atoms with E-state index in [9.17, 15) is 9.18 Å². The van der Waals surface area contributed by atoms with E-state index in [-0.39, 0.29) is 4.47 Å². The molecule has 0 saturated carbocycles. The summed E-state index contributed by atoms with van der Waals surface area (Å²) in [6.45, 7) is 3.07. The lowest BCUT2D eigenvalue weighted by Crippen LogP contribution is -2.29. The molecule has 14 heavy (non-hydrogen) atoms. The number of hydrogen-bond donors (Lipinski definition) is 1. The smallest absolute Gasteiger partial charge is 0.313 e. The molecule has 0 bridgehead atoms. The van der Waals surface area contributed by atoms with Crippen molar-refractivity contribution in [2.75, 3.05) is 0 Å². The van der Waals surface area contributed by atoms with Crippen LogP contribution < -0.4 is 0 Å². The van der Waals surface area contributed by atoms with E-state index in [1.54, 1.807) is 6.07 Å². The van der Waals surface area contributed by atoms with Crippen LogP contribution >= 0.6 is 15.9 Å². The SMILES string of the molecule is CC(C)(C(=O)O)c1cccc(F)c1Br. The van der Waals surface area contributed by atoms with Crippen molar-refractivity contribution in [2.45, 2.75) is 19.3 Å². The number of aliphatic carboxylic acids is 1. The fraction of sp³-hybridized carbons (Fsp3) is 0.300. The number of halogens is 2. The summed E-state index contributed by atoms with van der Waals surface area (Å²) in [5, 5.41) is 8.97. The molecule has 0 amide bonds. The molecule has 1 aromatic rings. The summed E-state index contributed by atoms with van der Waals surface area (Å²) in [7, 11) is 0. The first-order valence-electron chi connectivity index (χ1n) is 4.05. The topological polar surface area (TPSA) is 37.3 Å². The second-order valence-electron chi connectivity index (χ2n) is 3.53. The van der Waals surface area contributed by atoms with Gasteiger partial charge in [0, 0.05) is 0 Å². The van der Waals surface area contributed by atoms with E-state index >= 15 is 0 Å². The predicted octanol–water partition coefficient (Wildman–Crippen LogP) is 2.95. The van der Waals surface area contributed by atoms with Gasteiger partial charge in [-0.25, -0.2) is 4.39 Å². The monoisotopic (exact) mass is 260 g/mol. The summed E-state index contributed by atoms with van der Waals surface area (Å²) in [5.74, 6) is -1.43. The van der Waals surface area contributed by atoms with Gasteiger partial charge in [0.25, 0.3) is 0 Å². The van der Waals surface area contributed by atoms with Crippen molar-refractivity contribution in [1.82, 2.24) is 0 Å². The van der Waals surface area contributed by atoms with Gasteiger partial charge >= 0.3 is 5.97 Å². The highest BCUT2D eigenvalue weighted by Gasteiger charge is 2.32. The van der Waals surface area contributed by atoms with Crippen LogP contribution in [0.2, 0.25) is 0 Å². The summed E-state index contributed by atoms with van der Waals surface area (Å²) >= 11 is 3.05. The van der Waals surface area contributed by atoms with Crippen LogP contribution in [0.15, 0.2) is 22.7 Å². The molecule has 0 unspecified atom stereocenters. The second-order valence-corrected chi connectivity index (χ2v) is 4.32. The Morgan fingerprint density at radius 3 is 2.57 bits per heavy atom. The predicted molar refractivity (Wildman–Crippen MR) is 54.8 cm³/mol. The van der Waals surface area contributed by atoms with Gasteiger partial charge in [-0.3, -0.25) is 4.79 Å².